The summed E-state index contributed by atoms with van der Waals surface area (Å²) in [6, 6.07) is 8.41. The van der Waals surface area contributed by atoms with Crippen molar-refractivity contribution in [1.82, 2.24) is 10.2 Å². The van der Waals surface area contributed by atoms with E-state index < -0.39 is 0 Å². The molecule has 1 aliphatic rings. The van der Waals surface area contributed by atoms with Gasteiger partial charge in [-0.3, -0.25) is 4.99 Å². The van der Waals surface area contributed by atoms with Crippen molar-refractivity contribution in [2.75, 3.05) is 27.2 Å². The number of ether oxygens (including phenoxy) is 1. The molecule has 17 heavy (non-hydrogen) atoms. The van der Waals surface area contributed by atoms with Gasteiger partial charge in [0.05, 0.1) is 13.2 Å². The van der Waals surface area contributed by atoms with Gasteiger partial charge in [0.15, 0.2) is 5.96 Å². The first-order chi connectivity index (χ1) is 8.29. The lowest BCUT2D eigenvalue weighted by Crippen LogP contribution is -2.35. The van der Waals surface area contributed by atoms with Crippen LogP contribution in [-0.2, 0) is 17.9 Å². The third-order valence-corrected chi connectivity index (χ3v) is 2.81. The smallest absolute Gasteiger partial charge is 0.194 e. The maximum atomic E-state index is 5.13. The van der Waals surface area contributed by atoms with E-state index in [9.17, 15) is 0 Å². The maximum absolute atomic E-state index is 5.13. The molecule has 0 atom stereocenters. The largest absolute Gasteiger partial charge is 0.380 e. The van der Waals surface area contributed by atoms with Crippen molar-refractivity contribution in [3.8, 4) is 0 Å². The van der Waals surface area contributed by atoms with E-state index in [1.807, 2.05) is 0 Å². The fraction of sp³-hybridized carbons (Fsp3) is 0.462. The summed E-state index contributed by atoms with van der Waals surface area (Å²) in [6.45, 7) is 3.37. The van der Waals surface area contributed by atoms with E-state index in [1.165, 1.54) is 11.1 Å². The highest BCUT2D eigenvalue weighted by Crippen LogP contribution is 2.06. The van der Waals surface area contributed by atoms with Crippen LogP contribution in [0.1, 0.15) is 11.1 Å². The molecule has 4 nitrogen and oxygen atoms in total. The molecule has 1 aliphatic heterocycles. The second-order valence-electron chi connectivity index (χ2n) is 4.23. The summed E-state index contributed by atoms with van der Waals surface area (Å²) in [5, 5.41) is 3.35. The fourth-order valence-corrected chi connectivity index (χ4v) is 1.90. The van der Waals surface area contributed by atoms with E-state index in [0.717, 1.165) is 25.6 Å². The SMILES string of the molecule is COCc1cccc(CNC2=NCCN2C)c1. The van der Waals surface area contributed by atoms with Crippen LogP contribution in [0.15, 0.2) is 29.3 Å². The van der Waals surface area contributed by atoms with Gasteiger partial charge in [-0.15, -0.1) is 0 Å². The molecule has 4 heteroatoms. The predicted octanol–water partition coefficient (Wildman–Crippen LogP) is 1.22. The van der Waals surface area contributed by atoms with E-state index in [0.29, 0.717) is 6.61 Å². The van der Waals surface area contributed by atoms with Crippen LogP contribution < -0.4 is 5.32 Å². The van der Waals surface area contributed by atoms with Gasteiger partial charge in [-0.05, 0) is 11.1 Å². The zero-order valence-corrected chi connectivity index (χ0v) is 10.4. The topological polar surface area (TPSA) is 36.9 Å². The van der Waals surface area contributed by atoms with Crippen LogP contribution in [-0.4, -0.2) is 38.1 Å². The van der Waals surface area contributed by atoms with E-state index in [4.69, 9.17) is 4.74 Å². The van der Waals surface area contributed by atoms with Gasteiger partial charge < -0.3 is 15.0 Å². The molecule has 2 rings (SSSR count). The highest BCUT2D eigenvalue weighted by atomic mass is 16.5. The van der Waals surface area contributed by atoms with Gasteiger partial charge in [-0.2, -0.15) is 0 Å². The Labute approximate surface area is 102 Å². The van der Waals surface area contributed by atoms with Crippen LogP contribution in [0.5, 0.6) is 0 Å². The second kappa shape index (κ2) is 5.68. The molecule has 1 aromatic rings. The summed E-state index contributed by atoms with van der Waals surface area (Å²) in [5.41, 5.74) is 2.45. The Bertz CT molecular complexity index is 403. The molecule has 0 bridgehead atoms. The van der Waals surface area contributed by atoms with Crippen molar-refractivity contribution in [1.29, 1.82) is 0 Å². The van der Waals surface area contributed by atoms with Crippen molar-refractivity contribution in [3.05, 3.63) is 35.4 Å². The molecule has 0 saturated heterocycles. The van der Waals surface area contributed by atoms with Gasteiger partial charge in [-0.25, -0.2) is 0 Å². The van der Waals surface area contributed by atoms with E-state index in [1.54, 1.807) is 7.11 Å². The van der Waals surface area contributed by atoms with Gasteiger partial charge in [0.1, 0.15) is 0 Å². The molecule has 0 saturated carbocycles. The summed E-state index contributed by atoms with van der Waals surface area (Å²) in [5.74, 6) is 0.988. The minimum Gasteiger partial charge on any atom is -0.380 e. The summed E-state index contributed by atoms with van der Waals surface area (Å²) in [4.78, 5) is 6.54. The highest BCUT2D eigenvalue weighted by molar-refractivity contribution is 5.81. The number of methoxy groups -OCH3 is 1. The molecular formula is C13H19N3O. The maximum Gasteiger partial charge on any atom is 0.194 e. The van der Waals surface area contributed by atoms with Gasteiger partial charge in [0.25, 0.3) is 0 Å². The lowest BCUT2D eigenvalue weighted by Gasteiger charge is -2.15. The average molecular weight is 233 g/mol. The van der Waals surface area contributed by atoms with Gasteiger partial charge in [0, 0.05) is 27.2 Å². The average Bonchev–Trinajstić information content (AvgIpc) is 2.73. The molecule has 1 N–H and O–H groups in total. The molecule has 0 spiro atoms. The molecule has 1 aromatic carbocycles. The molecule has 0 radical (unpaired) electrons. The molecule has 0 fully saturated rings. The summed E-state index contributed by atoms with van der Waals surface area (Å²) >= 11 is 0. The lowest BCUT2D eigenvalue weighted by molar-refractivity contribution is 0.185. The molecule has 0 aliphatic carbocycles. The first kappa shape index (κ1) is 11.9. The lowest BCUT2D eigenvalue weighted by atomic mass is 10.1. The normalized spacial score (nSPS) is 14.9. The van der Waals surface area contributed by atoms with Crippen LogP contribution >= 0.6 is 0 Å². The monoisotopic (exact) mass is 233 g/mol. The molecule has 92 valence electrons. The number of benzene rings is 1. The van der Waals surface area contributed by atoms with Gasteiger partial charge in [-0.1, -0.05) is 24.3 Å². The first-order valence-corrected chi connectivity index (χ1v) is 5.86. The highest BCUT2D eigenvalue weighted by Gasteiger charge is 2.11. The van der Waals surface area contributed by atoms with Crippen LogP contribution in [0, 0.1) is 0 Å². The van der Waals surface area contributed by atoms with E-state index >= 15 is 0 Å². The summed E-state index contributed by atoms with van der Waals surface area (Å²) < 4.78 is 5.13. The van der Waals surface area contributed by atoms with Crippen molar-refractivity contribution >= 4 is 5.96 Å². The number of likely N-dealkylation sites (N-methyl/N-ethyl adjacent to an activating group) is 1. The Balaban J connectivity index is 1.92. The van der Waals surface area contributed by atoms with Gasteiger partial charge >= 0.3 is 0 Å². The van der Waals surface area contributed by atoms with Crippen molar-refractivity contribution < 1.29 is 4.74 Å². The zero-order chi connectivity index (χ0) is 12.1. The zero-order valence-electron chi connectivity index (χ0n) is 10.4. The number of rotatable bonds is 4. The number of aliphatic imine (C=N–C) groups is 1. The predicted molar refractivity (Wildman–Crippen MR) is 68.9 cm³/mol. The van der Waals surface area contributed by atoms with Crippen LogP contribution in [0.2, 0.25) is 0 Å². The van der Waals surface area contributed by atoms with Gasteiger partial charge in [0.2, 0.25) is 0 Å². The molecule has 1 heterocycles. The van der Waals surface area contributed by atoms with Crippen LogP contribution in [0.3, 0.4) is 0 Å². The number of nitrogens with one attached hydrogen (secondary N) is 1. The Hall–Kier alpha value is -1.55. The number of hydrogen-bond acceptors (Lipinski definition) is 4. The first-order valence-electron chi connectivity index (χ1n) is 5.86. The van der Waals surface area contributed by atoms with Crippen LogP contribution in [0.4, 0.5) is 0 Å². The van der Waals surface area contributed by atoms with Crippen molar-refractivity contribution in [2.24, 2.45) is 4.99 Å². The number of hydrogen-bond donors (Lipinski definition) is 1. The quantitative estimate of drug-likeness (QED) is 0.849. The molecule has 0 amide bonds. The third-order valence-electron chi connectivity index (χ3n) is 2.81. The summed E-state index contributed by atoms with van der Waals surface area (Å²) in [7, 11) is 3.77. The molecule has 0 aromatic heterocycles. The minimum absolute atomic E-state index is 0.661. The minimum atomic E-state index is 0.661. The standard InChI is InChI=1S/C13H19N3O/c1-16-7-6-14-13(16)15-9-11-4-3-5-12(8-11)10-17-2/h3-5,8H,6-7,9-10H2,1-2H3,(H,14,15). The number of nitrogens with zero attached hydrogens (tertiary/aromatic N) is 2. The van der Waals surface area contributed by atoms with Crippen molar-refractivity contribution in [3.63, 3.8) is 0 Å². The fourth-order valence-electron chi connectivity index (χ4n) is 1.90. The molecular weight excluding hydrogens is 214 g/mol. The molecule has 0 unspecified atom stereocenters. The Morgan fingerprint density at radius 2 is 2.24 bits per heavy atom. The number of guanidine groups is 1. The third kappa shape index (κ3) is 3.20. The second-order valence-corrected chi connectivity index (χ2v) is 4.23. The van der Waals surface area contributed by atoms with E-state index in [2.05, 4.69) is 46.5 Å². The van der Waals surface area contributed by atoms with E-state index in [-0.39, 0.29) is 0 Å². The Morgan fingerprint density at radius 1 is 1.41 bits per heavy atom. The van der Waals surface area contributed by atoms with Crippen molar-refractivity contribution in [2.45, 2.75) is 13.2 Å². The van der Waals surface area contributed by atoms with Crippen LogP contribution in [0.25, 0.3) is 0 Å². The Kier molecular flexibility index (Phi) is 3.98. The summed E-state index contributed by atoms with van der Waals surface area (Å²) in [6.07, 6.45) is 0. The Morgan fingerprint density at radius 3 is 2.94 bits per heavy atom.